The molecule has 6 heteroatoms. The van der Waals surface area contributed by atoms with Crippen LogP contribution in [0.2, 0.25) is 5.02 Å². The molecule has 1 amide bonds. The second-order valence-electron chi connectivity index (χ2n) is 4.69. The first kappa shape index (κ1) is 14.8. The van der Waals surface area contributed by atoms with Gasteiger partial charge in [-0.25, -0.2) is 4.39 Å². The molecule has 0 spiro atoms. The summed E-state index contributed by atoms with van der Waals surface area (Å²) in [6.07, 6.45) is -0.0241. The predicted molar refractivity (Wildman–Crippen MR) is 73.7 cm³/mol. The summed E-state index contributed by atoms with van der Waals surface area (Å²) < 4.78 is 13.6. The Kier molecular flexibility index (Phi) is 4.94. The van der Waals surface area contributed by atoms with Crippen LogP contribution in [0.1, 0.15) is 5.56 Å². The lowest BCUT2D eigenvalue weighted by Crippen LogP contribution is -2.49. The van der Waals surface area contributed by atoms with Gasteiger partial charge in [-0.2, -0.15) is 5.26 Å². The van der Waals surface area contributed by atoms with Crippen LogP contribution >= 0.6 is 11.6 Å². The second-order valence-corrected chi connectivity index (χ2v) is 5.10. The maximum atomic E-state index is 13.6. The Hall–Kier alpha value is -1.64. The molecule has 4 nitrogen and oxygen atoms in total. The average Bonchev–Trinajstić information content (AvgIpc) is 2.44. The molecule has 0 atom stereocenters. The van der Waals surface area contributed by atoms with E-state index in [0.717, 1.165) is 0 Å². The molecule has 1 aliphatic rings. The zero-order valence-corrected chi connectivity index (χ0v) is 11.7. The van der Waals surface area contributed by atoms with Gasteiger partial charge in [0.1, 0.15) is 5.82 Å². The fourth-order valence-electron chi connectivity index (χ4n) is 2.22. The number of halogens is 2. The highest BCUT2D eigenvalue weighted by molar-refractivity contribution is 6.31. The van der Waals surface area contributed by atoms with Crippen molar-refractivity contribution < 1.29 is 9.18 Å². The third-order valence-corrected chi connectivity index (χ3v) is 3.76. The number of hydrogen-bond donors (Lipinski definition) is 0. The number of hydrogen-bond acceptors (Lipinski definition) is 3. The number of piperazine rings is 1. The molecule has 0 aromatic heterocycles. The highest BCUT2D eigenvalue weighted by Gasteiger charge is 2.22. The highest BCUT2D eigenvalue weighted by atomic mass is 35.5. The molecular formula is C14H15ClFN3O. The molecule has 106 valence electrons. The van der Waals surface area contributed by atoms with Crippen molar-refractivity contribution in [1.29, 1.82) is 5.26 Å². The van der Waals surface area contributed by atoms with Crippen LogP contribution in [0.4, 0.5) is 4.39 Å². The van der Waals surface area contributed by atoms with E-state index in [4.69, 9.17) is 16.9 Å². The SMILES string of the molecule is N#CCN1CCN(C(=O)Cc2c(F)cccc2Cl)CC1. The molecule has 1 fully saturated rings. The summed E-state index contributed by atoms with van der Waals surface area (Å²) in [5.41, 5.74) is 0.249. The quantitative estimate of drug-likeness (QED) is 0.797. The number of carbonyl (C=O) groups excluding carboxylic acids is 1. The first-order valence-electron chi connectivity index (χ1n) is 6.42. The lowest BCUT2D eigenvalue weighted by Gasteiger charge is -2.33. The topological polar surface area (TPSA) is 47.3 Å². The largest absolute Gasteiger partial charge is 0.340 e. The van der Waals surface area contributed by atoms with Crippen LogP contribution in [0, 0.1) is 17.1 Å². The van der Waals surface area contributed by atoms with Gasteiger partial charge in [-0.1, -0.05) is 17.7 Å². The molecule has 1 heterocycles. The van der Waals surface area contributed by atoms with Gasteiger partial charge in [-0.05, 0) is 12.1 Å². The minimum absolute atomic E-state index is 0.0241. The van der Waals surface area contributed by atoms with Crippen molar-refractivity contribution in [3.63, 3.8) is 0 Å². The number of nitrogens with zero attached hydrogens (tertiary/aromatic N) is 3. The van der Waals surface area contributed by atoms with Gasteiger partial charge in [-0.3, -0.25) is 9.69 Å². The molecule has 0 radical (unpaired) electrons. The molecule has 1 aromatic rings. The molecule has 1 aromatic carbocycles. The summed E-state index contributed by atoms with van der Waals surface area (Å²) in [7, 11) is 0. The molecule has 20 heavy (non-hydrogen) atoms. The second kappa shape index (κ2) is 6.69. The van der Waals surface area contributed by atoms with Gasteiger partial charge in [0.2, 0.25) is 5.91 Å². The maximum Gasteiger partial charge on any atom is 0.227 e. The summed E-state index contributed by atoms with van der Waals surface area (Å²) in [5.74, 6) is -0.581. The van der Waals surface area contributed by atoms with Gasteiger partial charge in [0.15, 0.2) is 0 Å². The van der Waals surface area contributed by atoms with E-state index < -0.39 is 5.82 Å². The van der Waals surface area contributed by atoms with Gasteiger partial charge in [0.25, 0.3) is 0 Å². The zero-order chi connectivity index (χ0) is 14.5. The fourth-order valence-corrected chi connectivity index (χ4v) is 2.45. The van der Waals surface area contributed by atoms with Gasteiger partial charge in [0, 0.05) is 36.8 Å². The van der Waals surface area contributed by atoms with E-state index in [2.05, 4.69) is 6.07 Å². The van der Waals surface area contributed by atoms with Crippen LogP contribution in [0.3, 0.4) is 0 Å². The van der Waals surface area contributed by atoms with Crippen molar-refractivity contribution >= 4 is 17.5 Å². The van der Waals surface area contributed by atoms with E-state index >= 15 is 0 Å². The van der Waals surface area contributed by atoms with Crippen LogP contribution < -0.4 is 0 Å². The third-order valence-electron chi connectivity index (χ3n) is 3.41. The van der Waals surface area contributed by atoms with Crippen molar-refractivity contribution in [3.8, 4) is 6.07 Å². The monoisotopic (exact) mass is 295 g/mol. The number of carbonyl (C=O) groups is 1. The predicted octanol–water partition coefficient (Wildman–Crippen LogP) is 1.69. The van der Waals surface area contributed by atoms with Gasteiger partial charge < -0.3 is 4.90 Å². The van der Waals surface area contributed by atoms with Gasteiger partial charge >= 0.3 is 0 Å². The normalized spacial score (nSPS) is 15.9. The standard InChI is InChI=1S/C14H15ClFN3O/c15-12-2-1-3-13(16)11(12)10-14(20)19-8-6-18(5-4-17)7-9-19/h1-3H,5-10H2. The van der Waals surface area contributed by atoms with Crippen LogP contribution in [-0.4, -0.2) is 48.4 Å². The van der Waals surface area contributed by atoms with Gasteiger partial charge in [0.05, 0.1) is 19.0 Å². The summed E-state index contributed by atoms with van der Waals surface area (Å²) in [5, 5.41) is 8.90. The smallest absolute Gasteiger partial charge is 0.227 e. The zero-order valence-electron chi connectivity index (χ0n) is 11.0. The molecule has 0 aliphatic carbocycles. The number of rotatable bonds is 3. The van der Waals surface area contributed by atoms with Crippen molar-refractivity contribution in [2.45, 2.75) is 6.42 Å². The lowest BCUT2D eigenvalue weighted by molar-refractivity contribution is -0.132. The first-order chi connectivity index (χ1) is 9.61. The Balaban J connectivity index is 1.95. The third kappa shape index (κ3) is 3.47. The van der Waals surface area contributed by atoms with Gasteiger partial charge in [-0.15, -0.1) is 0 Å². The minimum Gasteiger partial charge on any atom is -0.340 e. The Morgan fingerprint density at radius 2 is 2.05 bits per heavy atom. The van der Waals surface area contributed by atoms with Crippen molar-refractivity contribution in [2.24, 2.45) is 0 Å². The Bertz CT molecular complexity index is 515. The number of amides is 1. The van der Waals surface area contributed by atoms with Crippen LogP contribution in [0.15, 0.2) is 18.2 Å². The molecule has 0 N–H and O–H groups in total. The van der Waals surface area contributed by atoms with Crippen LogP contribution in [0.25, 0.3) is 0 Å². The molecule has 1 aliphatic heterocycles. The average molecular weight is 296 g/mol. The molecule has 1 saturated heterocycles. The summed E-state index contributed by atoms with van der Waals surface area (Å²) in [6, 6.07) is 6.50. The molecule has 0 saturated carbocycles. The Labute approximate surface area is 122 Å². The Morgan fingerprint density at radius 1 is 1.35 bits per heavy atom. The molecule has 0 unspecified atom stereocenters. The summed E-state index contributed by atoms with van der Waals surface area (Å²) in [6.45, 7) is 2.84. The molecule has 2 rings (SSSR count). The number of benzene rings is 1. The van der Waals surface area contributed by atoms with E-state index in [-0.39, 0.29) is 22.9 Å². The van der Waals surface area contributed by atoms with Crippen molar-refractivity contribution in [3.05, 3.63) is 34.6 Å². The van der Waals surface area contributed by atoms with Crippen molar-refractivity contribution in [1.82, 2.24) is 9.80 Å². The highest BCUT2D eigenvalue weighted by Crippen LogP contribution is 2.20. The number of nitriles is 1. The lowest BCUT2D eigenvalue weighted by atomic mass is 10.1. The summed E-state index contributed by atoms with van der Waals surface area (Å²) in [4.78, 5) is 15.8. The minimum atomic E-state index is -0.450. The first-order valence-corrected chi connectivity index (χ1v) is 6.79. The van der Waals surface area contributed by atoms with E-state index in [9.17, 15) is 9.18 Å². The van der Waals surface area contributed by atoms with Crippen LogP contribution in [-0.2, 0) is 11.2 Å². The fraction of sp³-hybridized carbons (Fsp3) is 0.429. The molecule has 0 bridgehead atoms. The van der Waals surface area contributed by atoms with E-state index in [1.54, 1.807) is 11.0 Å². The van der Waals surface area contributed by atoms with Crippen molar-refractivity contribution in [2.75, 3.05) is 32.7 Å². The summed E-state index contributed by atoms with van der Waals surface area (Å²) >= 11 is 5.92. The van der Waals surface area contributed by atoms with E-state index in [1.807, 2.05) is 4.90 Å². The van der Waals surface area contributed by atoms with E-state index in [1.165, 1.54) is 12.1 Å². The maximum absolute atomic E-state index is 13.6. The molecular weight excluding hydrogens is 281 g/mol. The Morgan fingerprint density at radius 3 is 2.65 bits per heavy atom. The van der Waals surface area contributed by atoms with E-state index in [0.29, 0.717) is 32.7 Å². The van der Waals surface area contributed by atoms with Crippen LogP contribution in [0.5, 0.6) is 0 Å².